The molecule has 0 aliphatic carbocycles. The number of nitrogens with two attached hydrogens (primary N) is 1. The van der Waals surface area contributed by atoms with Gasteiger partial charge in [-0.3, -0.25) is 19.2 Å². The Bertz CT molecular complexity index is 1840. The number of primary amides is 1. The lowest BCUT2D eigenvalue weighted by Crippen LogP contribution is -2.40. The lowest BCUT2D eigenvalue weighted by molar-refractivity contribution is -0.149. The van der Waals surface area contributed by atoms with Gasteiger partial charge in [0.25, 0.3) is 0 Å². The van der Waals surface area contributed by atoms with Crippen LogP contribution in [-0.2, 0) is 29.0 Å². The molecular formula is C32H34F2N4O8S. The zero-order chi connectivity index (χ0) is 34.6. The molecule has 0 unspecified atom stereocenters. The number of likely N-dealkylation sites (tertiary alicyclic amines) is 1. The lowest BCUT2D eigenvalue weighted by Gasteiger charge is -2.33. The Balaban J connectivity index is 1.92. The molecule has 1 fully saturated rings. The fourth-order valence-corrected chi connectivity index (χ4v) is 6.50. The van der Waals surface area contributed by atoms with Gasteiger partial charge in [-0.2, -0.15) is 0 Å². The van der Waals surface area contributed by atoms with Gasteiger partial charge >= 0.3 is 5.97 Å². The zero-order valence-electron chi connectivity index (χ0n) is 26.0. The number of methoxy groups -OCH3 is 1. The second-order valence-electron chi connectivity index (χ2n) is 10.9. The first-order valence-corrected chi connectivity index (χ1v) is 16.3. The summed E-state index contributed by atoms with van der Waals surface area (Å²) in [4.78, 5) is 52.7. The molecule has 1 saturated heterocycles. The summed E-state index contributed by atoms with van der Waals surface area (Å²) in [5.41, 5.74) is 5.41. The Kier molecular flexibility index (Phi) is 10.5. The number of carbonyl (C=O) groups excluding carboxylic acids is 4. The Morgan fingerprint density at radius 2 is 1.74 bits per heavy atom. The average molecular weight is 673 g/mol. The molecular weight excluding hydrogens is 638 g/mol. The first-order chi connectivity index (χ1) is 22.2. The lowest BCUT2D eigenvalue weighted by atomic mass is 9.92. The van der Waals surface area contributed by atoms with Crippen molar-refractivity contribution in [3.05, 3.63) is 82.9 Å². The summed E-state index contributed by atoms with van der Waals surface area (Å²) in [7, 11) is -2.73. The molecule has 0 radical (unpaired) electrons. The molecule has 0 spiro atoms. The summed E-state index contributed by atoms with van der Waals surface area (Å²) in [5, 5.41) is 5.37. The van der Waals surface area contributed by atoms with E-state index in [1.54, 1.807) is 6.92 Å². The molecule has 0 aromatic heterocycles. The van der Waals surface area contributed by atoms with E-state index in [1.165, 1.54) is 49.3 Å². The van der Waals surface area contributed by atoms with E-state index in [9.17, 15) is 32.0 Å². The fraction of sp³-hybridized carbons (Fsp3) is 0.312. The van der Waals surface area contributed by atoms with E-state index in [0.717, 1.165) is 30.5 Å². The SMILES string of the molecule is CCOC(=O)[C@H]1CCN(C(=O)[C@@H](Nc2cc(C(N)=O)ccc2F)c2ccc(F)c(OC)c2)[C@H]1c1cc(NC(C)=O)ccc1S(C)(=O)=O. The van der Waals surface area contributed by atoms with E-state index in [1.807, 2.05) is 0 Å². The first kappa shape index (κ1) is 34.8. The van der Waals surface area contributed by atoms with Gasteiger partial charge in [-0.15, -0.1) is 0 Å². The summed E-state index contributed by atoms with van der Waals surface area (Å²) in [6, 6.07) is 8.12. The number of nitrogens with zero attached hydrogens (tertiary/aromatic N) is 1. The quantitative estimate of drug-likeness (QED) is 0.257. The third-order valence-corrected chi connectivity index (χ3v) is 8.80. The van der Waals surface area contributed by atoms with Crippen molar-refractivity contribution in [3.8, 4) is 5.75 Å². The molecule has 1 aliphatic heterocycles. The molecule has 3 amide bonds. The molecule has 250 valence electrons. The minimum Gasteiger partial charge on any atom is -0.494 e. The molecule has 15 heteroatoms. The number of hydrogen-bond donors (Lipinski definition) is 3. The summed E-state index contributed by atoms with van der Waals surface area (Å²) in [6.07, 6.45) is 1.03. The number of benzene rings is 3. The van der Waals surface area contributed by atoms with Crippen molar-refractivity contribution in [2.24, 2.45) is 11.7 Å². The molecule has 4 N–H and O–H groups in total. The Morgan fingerprint density at radius 3 is 2.36 bits per heavy atom. The second-order valence-corrected chi connectivity index (χ2v) is 12.8. The first-order valence-electron chi connectivity index (χ1n) is 14.4. The molecule has 4 rings (SSSR count). The van der Waals surface area contributed by atoms with Gasteiger partial charge in [-0.1, -0.05) is 6.07 Å². The third-order valence-electron chi connectivity index (χ3n) is 7.62. The van der Waals surface area contributed by atoms with Crippen LogP contribution in [0.3, 0.4) is 0 Å². The van der Waals surface area contributed by atoms with E-state index in [0.29, 0.717) is 0 Å². The van der Waals surface area contributed by atoms with Crippen molar-refractivity contribution < 1.29 is 45.9 Å². The highest BCUT2D eigenvalue weighted by molar-refractivity contribution is 7.90. The molecule has 0 saturated carbocycles. The number of anilines is 2. The van der Waals surface area contributed by atoms with Crippen LogP contribution in [0.5, 0.6) is 5.75 Å². The maximum atomic E-state index is 15.1. The van der Waals surface area contributed by atoms with E-state index in [-0.39, 0.29) is 58.3 Å². The van der Waals surface area contributed by atoms with E-state index in [4.69, 9.17) is 15.2 Å². The smallest absolute Gasteiger partial charge is 0.311 e. The number of nitrogens with one attached hydrogen (secondary N) is 2. The van der Waals surface area contributed by atoms with Gasteiger partial charge in [0.15, 0.2) is 21.4 Å². The van der Waals surface area contributed by atoms with Gasteiger partial charge in [0.05, 0.1) is 36.3 Å². The number of sulfone groups is 1. The molecule has 1 heterocycles. The summed E-state index contributed by atoms with van der Waals surface area (Å²) < 4.78 is 66.0. The van der Waals surface area contributed by atoms with Crippen molar-refractivity contribution in [2.75, 3.05) is 37.2 Å². The van der Waals surface area contributed by atoms with Gasteiger partial charge < -0.3 is 30.7 Å². The zero-order valence-corrected chi connectivity index (χ0v) is 26.8. The molecule has 3 atom stereocenters. The number of hydrogen-bond acceptors (Lipinski definition) is 9. The predicted molar refractivity (Wildman–Crippen MR) is 167 cm³/mol. The Labute approximate surface area is 270 Å². The minimum atomic E-state index is -3.95. The standard InChI is InChI=1S/C32H34F2N4O8S/c1-5-46-32(42)21-12-13-38(29(21)22-16-20(36-17(2)39)8-11-27(22)47(4,43)44)31(41)28(18-6-10-24(34)26(15-18)45-3)37-25-14-19(30(35)40)7-9-23(25)33/h6-11,14-16,21,28-29,37H,5,12-13H2,1-4H3,(H2,35,40)(H,36,39)/t21-,28-,29+/m0/s1. The molecule has 0 bridgehead atoms. The van der Waals surface area contributed by atoms with Gasteiger partial charge in [0.2, 0.25) is 17.7 Å². The van der Waals surface area contributed by atoms with Crippen LogP contribution in [0.25, 0.3) is 0 Å². The topological polar surface area (TPSA) is 174 Å². The van der Waals surface area contributed by atoms with Crippen LogP contribution in [0.15, 0.2) is 59.5 Å². The van der Waals surface area contributed by atoms with Crippen molar-refractivity contribution in [1.29, 1.82) is 0 Å². The maximum Gasteiger partial charge on any atom is 0.311 e. The van der Waals surface area contributed by atoms with Crippen LogP contribution in [0.2, 0.25) is 0 Å². The third kappa shape index (κ3) is 7.68. The molecule has 47 heavy (non-hydrogen) atoms. The van der Waals surface area contributed by atoms with Crippen molar-refractivity contribution >= 4 is 44.9 Å². The number of esters is 1. The Morgan fingerprint density at radius 1 is 1.04 bits per heavy atom. The molecule has 12 nitrogen and oxygen atoms in total. The molecule has 3 aromatic rings. The maximum absolute atomic E-state index is 15.1. The van der Waals surface area contributed by atoms with E-state index in [2.05, 4.69) is 10.6 Å². The summed E-state index contributed by atoms with van der Waals surface area (Å²) >= 11 is 0. The summed E-state index contributed by atoms with van der Waals surface area (Å²) in [5.74, 6) is -5.59. The van der Waals surface area contributed by atoms with Crippen LogP contribution in [0, 0.1) is 17.6 Å². The minimum absolute atomic E-state index is 0.00982. The van der Waals surface area contributed by atoms with Crippen LogP contribution < -0.4 is 21.1 Å². The van der Waals surface area contributed by atoms with Gasteiger partial charge in [-0.05, 0) is 73.0 Å². The second kappa shape index (κ2) is 14.2. The highest BCUT2D eigenvalue weighted by Gasteiger charge is 2.46. The number of amides is 3. The van der Waals surface area contributed by atoms with Crippen molar-refractivity contribution in [3.63, 3.8) is 0 Å². The average Bonchev–Trinajstić information content (AvgIpc) is 3.45. The van der Waals surface area contributed by atoms with Crippen LogP contribution in [0.4, 0.5) is 20.2 Å². The van der Waals surface area contributed by atoms with Crippen molar-refractivity contribution in [1.82, 2.24) is 4.90 Å². The summed E-state index contributed by atoms with van der Waals surface area (Å²) in [6.45, 7) is 2.80. The van der Waals surface area contributed by atoms with Gasteiger partial charge in [0, 0.05) is 31.0 Å². The number of carbonyl (C=O) groups is 4. The van der Waals surface area contributed by atoms with Gasteiger partial charge in [-0.25, -0.2) is 17.2 Å². The Hall–Kier alpha value is -5.05. The normalized spacial score (nSPS) is 16.7. The molecule has 1 aliphatic rings. The monoisotopic (exact) mass is 672 g/mol. The van der Waals surface area contributed by atoms with Gasteiger partial charge in [0.1, 0.15) is 11.9 Å². The number of rotatable bonds is 11. The van der Waals surface area contributed by atoms with E-state index >= 15 is 4.39 Å². The van der Waals surface area contributed by atoms with Crippen molar-refractivity contribution in [2.45, 2.75) is 37.2 Å². The largest absolute Gasteiger partial charge is 0.494 e. The van der Waals surface area contributed by atoms with E-state index < -0.39 is 63.2 Å². The number of halogens is 2. The highest BCUT2D eigenvalue weighted by atomic mass is 32.2. The molecule has 3 aromatic carbocycles. The highest BCUT2D eigenvalue weighted by Crippen LogP contribution is 2.43. The predicted octanol–water partition coefficient (Wildman–Crippen LogP) is 3.74. The number of ether oxygens (including phenoxy) is 2. The van der Waals surface area contributed by atoms with Crippen LogP contribution >= 0.6 is 0 Å². The van der Waals surface area contributed by atoms with Crippen LogP contribution in [0.1, 0.15) is 53.8 Å². The fourth-order valence-electron chi connectivity index (χ4n) is 5.57. The van der Waals surface area contributed by atoms with Crippen LogP contribution in [-0.4, -0.2) is 63.5 Å².